The zero-order valence-electron chi connectivity index (χ0n) is 14.5. The van der Waals surface area contributed by atoms with Crippen LogP contribution >= 0.6 is 0 Å². The first-order valence-electron chi connectivity index (χ1n) is 8.35. The molecule has 3 heteroatoms. The zero-order valence-corrected chi connectivity index (χ0v) is 14.5. The molecule has 0 aliphatic rings. The molecule has 0 aliphatic carbocycles. The number of aromatic nitrogens is 1. The molecule has 126 valence electrons. The number of hydrogen-bond donors (Lipinski definition) is 0. The Hall–Kier alpha value is -2.81. The molecule has 1 heterocycles. The minimum absolute atomic E-state index is 0.0620. The summed E-state index contributed by atoms with van der Waals surface area (Å²) in [6.07, 6.45) is 3.55. The number of hydrogen-bond acceptors (Lipinski definition) is 1. The fourth-order valence-corrected chi connectivity index (χ4v) is 3.06. The Balaban J connectivity index is 1.81. The number of pyridine rings is 1. The molecule has 0 amide bonds. The van der Waals surface area contributed by atoms with E-state index in [1.54, 1.807) is 4.57 Å². The fourth-order valence-electron chi connectivity index (χ4n) is 3.06. The number of ketones is 1. The molecule has 2 nitrogen and oxygen atoms in total. The van der Waals surface area contributed by atoms with Gasteiger partial charge in [-0.2, -0.15) is 4.57 Å². The van der Waals surface area contributed by atoms with E-state index >= 15 is 0 Å². The molecule has 0 N–H and O–H groups in total. The maximum absolute atomic E-state index is 14.0. The average Bonchev–Trinajstić information content (AvgIpc) is 2.58. The van der Waals surface area contributed by atoms with E-state index in [4.69, 9.17) is 0 Å². The molecule has 0 unspecified atom stereocenters. The highest BCUT2D eigenvalue weighted by Gasteiger charge is 2.16. The van der Waals surface area contributed by atoms with Crippen molar-refractivity contribution in [3.05, 3.63) is 89.5 Å². The summed E-state index contributed by atoms with van der Waals surface area (Å²) >= 11 is 0. The van der Waals surface area contributed by atoms with Crippen LogP contribution in [-0.2, 0) is 17.8 Å². The number of carbonyl (C=O) groups is 1. The zero-order chi connectivity index (χ0) is 17.8. The number of rotatable bonds is 5. The van der Waals surface area contributed by atoms with Crippen LogP contribution in [-0.4, -0.2) is 5.78 Å². The van der Waals surface area contributed by atoms with Gasteiger partial charge in [0.2, 0.25) is 18.5 Å². The summed E-state index contributed by atoms with van der Waals surface area (Å²) in [5.74, 6) is -0.284. The summed E-state index contributed by atoms with van der Waals surface area (Å²) in [5.41, 5.74) is 4.98. The molecule has 25 heavy (non-hydrogen) atoms. The summed E-state index contributed by atoms with van der Waals surface area (Å²) in [6, 6.07) is 17.1. The number of Topliss-reactive ketones (excluding diaryl/α,β-unsaturated/α-hetero) is 1. The molecule has 0 saturated heterocycles. The molecule has 0 aliphatic heterocycles. The largest absolute Gasteiger partial charge is 0.292 e. The fraction of sp³-hybridized carbons (Fsp3) is 0.182. The Kier molecular flexibility index (Phi) is 5.03. The number of aryl methyl sites for hydroxylation is 2. The molecular formula is C22H21FNO+. The Morgan fingerprint density at radius 1 is 0.920 bits per heavy atom. The Labute approximate surface area is 147 Å². The molecule has 2 aromatic carbocycles. The first-order valence-corrected chi connectivity index (χ1v) is 8.35. The van der Waals surface area contributed by atoms with Crippen LogP contribution in [0.4, 0.5) is 4.39 Å². The quantitative estimate of drug-likeness (QED) is 0.640. The van der Waals surface area contributed by atoms with E-state index in [2.05, 4.69) is 0 Å². The second kappa shape index (κ2) is 7.39. The minimum Gasteiger partial charge on any atom is -0.292 e. The van der Waals surface area contributed by atoms with Gasteiger partial charge in [-0.1, -0.05) is 48.5 Å². The first kappa shape index (κ1) is 17.0. The Morgan fingerprint density at radius 2 is 1.60 bits per heavy atom. The third-order valence-electron chi connectivity index (χ3n) is 4.37. The van der Waals surface area contributed by atoms with Crippen molar-refractivity contribution >= 4 is 5.78 Å². The van der Waals surface area contributed by atoms with E-state index < -0.39 is 0 Å². The van der Waals surface area contributed by atoms with Gasteiger partial charge < -0.3 is 0 Å². The Morgan fingerprint density at radius 3 is 2.28 bits per heavy atom. The van der Waals surface area contributed by atoms with Gasteiger partial charge in [-0.15, -0.1) is 0 Å². The SMILES string of the molecule is Cc1cccc(C)c1CC(=O)C[n+]1cc(F)cc(-c2ccccc2)c1. The lowest BCUT2D eigenvalue weighted by molar-refractivity contribution is -0.685. The van der Waals surface area contributed by atoms with Gasteiger partial charge in [-0.05, 0) is 42.2 Å². The second-order valence-corrected chi connectivity index (χ2v) is 6.37. The maximum Gasteiger partial charge on any atom is 0.206 e. The highest BCUT2D eigenvalue weighted by atomic mass is 19.1. The van der Waals surface area contributed by atoms with Crippen molar-refractivity contribution in [1.82, 2.24) is 0 Å². The van der Waals surface area contributed by atoms with E-state index in [0.29, 0.717) is 6.42 Å². The number of benzene rings is 2. The van der Waals surface area contributed by atoms with Gasteiger partial charge >= 0.3 is 0 Å². The highest BCUT2D eigenvalue weighted by Crippen LogP contribution is 2.18. The van der Waals surface area contributed by atoms with E-state index in [1.807, 2.05) is 68.6 Å². The molecule has 1 aromatic heterocycles. The second-order valence-electron chi connectivity index (χ2n) is 6.37. The van der Waals surface area contributed by atoms with Crippen molar-refractivity contribution < 1.29 is 13.8 Å². The third kappa shape index (κ3) is 4.18. The normalized spacial score (nSPS) is 10.7. The molecule has 0 fully saturated rings. The number of nitrogens with zero attached hydrogens (tertiary/aromatic N) is 1. The van der Waals surface area contributed by atoms with Crippen molar-refractivity contribution in [1.29, 1.82) is 0 Å². The van der Waals surface area contributed by atoms with Gasteiger partial charge in [0, 0.05) is 12.0 Å². The smallest absolute Gasteiger partial charge is 0.206 e. The van der Waals surface area contributed by atoms with Crippen molar-refractivity contribution in [2.75, 3.05) is 0 Å². The summed E-state index contributed by atoms with van der Waals surface area (Å²) < 4.78 is 15.6. The van der Waals surface area contributed by atoms with Crippen LogP contribution in [0.15, 0.2) is 67.0 Å². The predicted octanol–water partition coefficient (Wildman–Crippen LogP) is 4.21. The van der Waals surface area contributed by atoms with Crippen molar-refractivity contribution in [3.8, 4) is 11.1 Å². The van der Waals surface area contributed by atoms with Crippen LogP contribution in [0.25, 0.3) is 11.1 Å². The molecule has 3 rings (SSSR count). The topological polar surface area (TPSA) is 20.9 Å². The van der Waals surface area contributed by atoms with Crippen LogP contribution in [0.5, 0.6) is 0 Å². The van der Waals surface area contributed by atoms with Crippen LogP contribution in [0.1, 0.15) is 16.7 Å². The van der Waals surface area contributed by atoms with Gasteiger partial charge in [-0.25, -0.2) is 4.39 Å². The van der Waals surface area contributed by atoms with E-state index in [1.165, 1.54) is 12.3 Å². The first-order chi connectivity index (χ1) is 12.0. The lowest BCUT2D eigenvalue weighted by Crippen LogP contribution is -2.38. The third-order valence-corrected chi connectivity index (χ3v) is 4.37. The molecular weight excluding hydrogens is 313 g/mol. The van der Waals surface area contributed by atoms with E-state index in [-0.39, 0.29) is 18.1 Å². The molecule has 0 spiro atoms. The van der Waals surface area contributed by atoms with Gasteiger partial charge in [-0.3, -0.25) is 4.79 Å². The average molecular weight is 334 g/mol. The number of halogens is 1. The molecule has 0 radical (unpaired) electrons. The standard InChI is InChI=1S/C22H21FNO/c1-16-7-6-8-17(2)22(16)12-21(25)15-24-13-19(11-20(23)14-24)18-9-4-3-5-10-18/h3-11,13-14H,12,15H2,1-2H3/q+1. The van der Waals surface area contributed by atoms with Crippen molar-refractivity contribution in [3.63, 3.8) is 0 Å². The summed E-state index contributed by atoms with van der Waals surface area (Å²) in [6.45, 7) is 4.18. The molecule has 0 bridgehead atoms. The van der Waals surface area contributed by atoms with Crippen LogP contribution in [0.2, 0.25) is 0 Å². The van der Waals surface area contributed by atoms with Gasteiger partial charge in [0.1, 0.15) is 0 Å². The Bertz CT molecular complexity index is 883. The summed E-state index contributed by atoms with van der Waals surface area (Å²) in [5, 5.41) is 0. The van der Waals surface area contributed by atoms with Crippen molar-refractivity contribution in [2.45, 2.75) is 26.8 Å². The van der Waals surface area contributed by atoms with Gasteiger partial charge in [0.15, 0.2) is 12.0 Å². The number of carbonyl (C=O) groups excluding carboxylic acids is 1. The predicted molar refractivity (Wildman–Crippen MR) is 96.7 cm³/mol. The van der Waals surface area contributed by atoms with E-state index in [9.17, 15) is 9.18 Å². The molecule has 0 atom stereocenters. The van der Waals surface area contributed by atoms with Crippen LogP contribution < -0.4 is 4.57 Å². The lowest BCUT2D eigenvalue weighted by Gasteiger charge is -2.08. The molecule has 3 aromatic rings. The molecule has 0 saturated carbocycles. The minimum atomic E-state index is -0.346. The summed E-state index contributed by atoms with van der Waals surface area (Å²) in [7, 11) is 0. The van der Waals surface area contributed by atoms with E-state index in [0.717, 1.165) is 27.8 Å². The lowest BCUT2D eigenvalue weighted by atomic mass is 9.98. The van der Waals surface area contributed by atoms with Gasteiger partial charge in [0.05, 0.1) is 0 Å². The van der Waals surface area contributed by atoms with Crippen molar-refractivity contribution in [2.24, 2.45) is 0 Å². The maximum atomic E-state index is 14.0. The van der Waals surface area contributed by atoms with Crippen LogP contribution in [0.3, 0.4) is 0 Å². The van der Waals surface area contributed by atoms with Crippen LogP contribution in [0, 0.1) is 19.7 Å². The monoisotopic (exact) mass is 334 g/mol. The highest BCUT2D eigenvalue weighted by molar-refractivity contribution is 5.80. The van der Waals surface area contributed by atoms with Gasteiger partial charge in [0.25, 0.3) is 0 Å². The summed E-state index contributed by atoms with van der Waals surface area (Å²) in [4.78, 5) is 12.5.